The van der Waals surface area contributed by atoms with E-state index in [-0.39, 0.29) is 10.7 Å². The van der Waals surface area contributed by atoms with Crippen LogP contribution in [0.5, 0.6) is 0 Å². The van der Waals surface area contributed by atoms with Crippen molar-refractivity contribution in [1.29, 1.82) is 0 Å². The van der Waals surface area contributed by atoms with Crippen molar-refractivity contribution in [3.05, 3.63) is 63.1 Å². The lowest BCUT2D eigenvalue weighted by molar-refractivity contribution is -0.384. The summed E-state index contributed by atoms with van der Waals surface area (Å²) in [5.74, 6) is 0.853. The van der Waals surface area contributed by atoms with Crippen LogP contribution >= 0.6 is 11.6 Å². The largest absolute Gasteiger partial charge is 0.468 e. The number of halogens is 1. The van der Waals surface area contributed by atoms with Crippen LogP contribution in [0.15, 0.2) is 41.0 Å². The quantitative estimate of drug-likeness (QED) is 0.621. The highest BCUT2D eigenvalue weighted by Crippen LogP contribution is 2.25. The van der Waals surface area contributed by atoms with E-state index in [1.165, 1.54) is 6.07 Å². The summed E-state index contributed by atoms with van der Waals surface area (Å²) in [5, 5.41) is 11.0. The van der Waals surface area contributed by atoms with E-state index in [0.717, 1.165) is 11.3 Å². The average Bonchev–Trinajstić information content (AvgIpc) is 2.84. The molecule has 1 aromatic heterocycles. The molecule has 6 heteroatoms. The lowest BCUT2D eigenvalue weighted by Gasteiger charge is -2.15. The molecule has 0 aliphatic heterocycles. The van der Waals surface area contributed by atoms with Gasteiger partial charge in [-0.15, -0.1) is 0 Å². The lowest BCUT2D eigenvalue weighted by atomic mass is 10.2. The zero-order chi connectivity index (χ0) is 13.8. The third-order valence-corrected chi connectivity index (χ3v) is 2.99. The van der Waals surface area contributed by atoms with Crippen molar-refractivity contribution in [1.82, 2.24) is 4.90 Å². The maximum atomic E-state index is 10.8. The summed E-state index contributed by atoms with van der Waals surface area (Å²) in [4.78, 5) is 12.3. The fraction of sp³-hybridized carbons (Fsp3) is 0.231. The van der Waals surface area contributed by atoms with Gasteiger partial charge in [0.25, 0.3) is 5.69 Å². The topological polar surface area (TPSA) is 59.5 Å². The Morgan fingerprint density at radius 1 is 1.37 bits per heavy atom. The van der Waals surface area contributed by atoms with Crippen LogP contribution in [0.1, 0.15) is 11.3 Å². The van der Waals surface area contributed by atoms with E-state index in [9.17, 15) is 10.1 Å². The van der Waals surface area contributed by atoms with Crippen LogP contribution in [0.3, 0.4) is 0 Å². The number of nitro groups is 1. The predicted octanol–water partition coefficient (Wildman–Crippen LogP) is 3.47. The Kier molecular flexibility index (Phi) is 4.19. The normalized spacial score (nSPS) is 10.9. The molecule has 1 heterocycles. The lowest BCUT2D eigenvalue weighted by Crippen LogP contribution is -2.16. The van der Waals surface area contributed by atoms with Crippen molar-refractivity contribution in [2.45, 2.75) is 13.1 Å². The highest BCUT2D eigenvalue weighted by atomic mass is 35.5. The molecule has 0 atom stereocenters. The molecule has 0 spiro atoms. The first-order valence-corrected chi connectivity index (χ1v) is 6.08. The van der Waals surface area contributed by atoms with Crippen LogP contribution in [-0.4, -0.2) is 16.9 Å². The molecular weight excluding hydrogens is 268 g/mol. The smallest absolute Gasteiger partial charge is 0.288 e. The van der Waals surface area contributed by atoms with Crippen LogP contribution in [0.25, 0.3) is 0 Å². The Balaban J connectivity index is 2.06. The Labute approximate surface area is 115 Å². The molecule has 0 amide bonds. The summed E-state index contributed by atoms with van der Waals surface area (Å²) >= 11 is 5.77. The molecule has 2 rings (SSSR count). The SMILES string of the molecule is CN(Cc1ccc(Cl)c([N+](=O)[O-])c1)Cc1ccco1. The van der Waals surface area contributed by atoms with Crippen molar-refractivity contribution >= 4 is 17.3 Å². The van der Waals surface area contributed by atoms with E-state index in [1.54, 1.807) is 18.4 Å². The van der Waals surface area contributed by atoms with Gasteiger partial charge in [0.15, 0.2) is 0 Å². The fourth-order valence-corrected chi connectivity index (χ4v) is 2.02. The molecule has 0 unspecified atom stereocenters. The molecule has 0 N–H and O–H groups in total. The minimum Gasteiger partial charge on any atom is -0.468 e. The Morgan fingerprint density at radius 3 is 2.79 bits per heavy atom. The van der Waals surface area contributed by atoms with Crippen molar-refractivity contribution in [3.8, 4) is 0 Å². The standard InChI is InChI=1S/C13H13ClN2O3/c1-15(9-11-3-2-6-19-11)8-10-4-5-12(14)13(7-10)16(17)18/h2-7H,8-9H2,1H3. The van der Waals surface area contributed by atoms with Crippen LogP contribution in [0, 0.1) is 10.1 Å². The van der Waals surface area contributed by atoms with Crippen molar-refractivity contribution in [3.63, 3.8) is 0 Å². The molecule has 1 aromatic carbocycles. The number of hydrogen-bond acceptors (Lipinski definition) is 4. The van der Waals surface area contributed by atoms with Crippen LogP contribution in [-0.2, 0) is 13.1 Å². The van der Waals surface area contributed by atoms with Gasteiger partial charge >= 0.3 is 0 Å². The van der Waals surface area contributed by atoms with Crippen LogP contribution in [0.4, 0.5) is 5.69 Å². The van der Waals surface area contributed by atoms with Crippen LogP contribution < -0.4 is 0 Å². The molecular formula is C13H13ClN2O3. The maximum Gasteiger partial charge on any atom is 0.288 e. The molecule has 0 fully saturated rings. The monoisotopic (exact) mass is 280 g/mol. The van der Waals surface area contributed by atoms with E-state index in [2.05, 4.69) is 0 Å². The van der Waals surface area contributed by atoms with Gasteiger partial charge < -0.3 is 4.42 Å². The van der Waals surface area contributed by atoms with Gasteiger partial charge in [0.1, 0.15) is 10.8 Å². The third kappa shape index (κ3) is 3.56. The summed E-state index contributed by atoms with van der Waals surface area (Å²) in [6.45, 7) is 1.22. The van der Waals surface area contributed by atoms with Gasteiger partial charge in [0.05, 0.1) is 17.7 Å². The van der Waals surface area contributed by atoms with Gasteiger partial charge in [-0.1, -0.05) is 17.7 Å². The van der Waals surface area contributed by atoms with Crippen LogP contribution in [0.2, 0.25) is 5.02 Å². The second kappa shape index (κ2) is 5.86. The number of hydrogen-bond donors (Lipinski definition) is 0. The van der Waals surface area contributed by atoms with Crippen molar-refractivity contribution < 1.29 is 9.34 Å². The zero-order valence-corrected chi connectivity index (χ0v) is 11.1. The number of furan rings is 1. The zero-order valence-electron chi connectivity index (χ0n) is 10.4. The molecule has 2 aromatic rings. The first kappa shape index (κ1) is 13.6. The Hall–Kier alpha value is -1.85. The minimum atomic E-state index is -0.474. The summed E-state index contributed by atoms with van der Waals surface area (Å²) < 4.78 is 5.25. The molecule has 0 radical (unpaired) electrons. The van der Waals surface area contributed by atoms with E-state index >= 15 is 0 Å². The predicted molar refractivity (Wildman–Crippen MR) is 72.0 cm³/mol. The summed E-state index contributed by atoms with van der Waals surface area (Å²) in [6, 6.07) is 8.56. The van der Waals surface area contributed by atoms with Gasteiger partial charge in [0, 0.05) is 12.6 Å². The number of rotatable bonds is 5. The van der Waals surface area contributed by atoms with Gasteiger partial charge in [0.2, 0.25) is 0 Å². The molecule has 19 heavy (non-hydrogen) atoms. The molecule has 0 saturated heterocycles. The van der Waals surface area contributed by atoms with Gasteiger partial charge in [-0.3, -0.25) is 15.0 Å². The van der Waals surface area contributed by atoms with E-state index in [1.807, 2.05) is 24.1 Å². The molecule has 0 saturated carbocycles. The number of nitrogens with zero attached hydrogens (tertiary/aromatic N) is 2. The average molecular weight is 281 g/mol. The molecule has 100 valence electrons. The molecule has 0 aliphatic carbocycles. The summed E-state index contributed by atoms with van der Waals surface area (Å²) in [7, 11) is 1.92. The fourth-order valence-electron chi connectivity index (χ4n) is 1.83. The Morgan fingerprint density at radius 2 is 2.16 bits per heavy atom. The molecule has 0 aliphatic rings. The second-order valence-electron chi connectivity index (χ2n) is 4.29. The first-order valence-electron chi connectivity index (χ1n) is 5.70. The van der Waals surface area contributed by atoms with E-state index in [0.29, 0.717) is 13.1 Å². The highest BCUT2D eigenvalue weighted by Gasteiger charge is 2.13. The molecule has 5 nitrogen and oxygen atoms in total. The summed E-state index contributed by atoms with van der Waals surface area (Å²) in [6.07, 6.45) is 1.62. The van der Waals surface area contributed by atoms with Crippen molar-refractivity contribution in [2.75, 3.05) is 7.05 Å². The highest BCUT2D eigenvalue weighted by molar-refractivity contribution is 6.32. The number of nitro benzene ring substituents is 1. The maximum absolute atomic E-state index is 10.8. The Bertz CT molecular complexity index is 569. The van der Waals surface area contributed by atoms with E-state index in [4.69, 9.17) is 16.0 Å². The van der Waals surface area contributed by atoms with Gasteiger partial charge in [-0.05, 0) is 30.8 Å². The first-order chi connectivity index (χ1) is 9.06. The van der Waals surface area contributed by atoms with Crippen molar-refractivity contribution in [2.24, 2.45) is 0 Å². The van der Waals surface area contributed by atoms with E-state index < -0.39 is 4.92 Å². The second-order valence-corrected chi connectivity index (χ2v) is 4.70. The minimum absolute atomic E-state index is 0.0643. The van der Waals surface area contributed by atoms with Gasteiger partial charge in [-0.2, -0.15) is 0 Å². The number of benzene rings is 1. The summed E-state index contributed by atoms with van der Waals surface area (Å²) in [5.41, 5.74) is 0.774. The van der Waals surface area contributed by atoms with Gasteiger partial charge in [-0.25, -0.2) is 0 Å². The molecule has 0 bridgehead atoms. The third-order valence-electron chi connectivity index (χ3n) is 2.67.